The summed E-state index contributed by atoms with van der Waals surface area (Å²) in [6.07, 6.45) is 2.12. The second kappa shape index (κ2) is 7.83. The van der Waals surface area contributed by atoms with Gasteiger partial charge in [-0.15, -0.1) is 0 Å². The molecule has 0 fully saturated rings. The molecule has 0 saturated heterocycles. The van der Waals surface area contributed by atoms with E-state index < -0.39 is 23.9 Å². The number of carbonyl (C=O) groups excluding carboxylic acids is 3. The van der Waals surface area contributed by atoms with E-state index in [9.17, 15) is 14.4 Å². The highest BCUT2D eigenvalue weighted by atomic mass is 16.2. The lowest BCUT2D eigenvalue weighted by Gasteiger charge is -2.23. The number of nitrogens with one attached hydrogen (secondary N) is 3. The van der Waals surface area contributed by atoms with Crippen LogP contribution in [0.1, 0.15) is 26.3 Å². The van der Waals surface area contributed by atoms with Crippen molar-refractivity contribution in [3.63, 3.8) is 0 Å². The highest BCUT2D eigenvalue weighted by Gasteiger charge is 2.27. The fraction of sp³-hybridized carbons (Fsp3) is 0.389. The summed E-state index contributed by atoms with van der Waals surface area (Å²) in [6, 6.07) is 6.14. The van der Waals surface area contributed by atoms with Gasteiger partial charge in [-0.05, 0) is 17.5 Å². The molecule has 0 aliphatic carbocycles. The number of rotatable bonds is 7. The fourth-order valence-corrected chi connectivity index (χ4v) is 2.80. The number of nitrogens with two attached hydrogens (primary N) is 1. The monoisotopic (exact) mass is 344 g/mol. The van der Waals surface area contributed by atoms with Gasteiger partial charge >= 0.3 is 0 Å². The predicted molar refractivity (Wildman–Crippen MR) is 95.6 cm³/mol. The van der Waals surface area contributed by atoms with E-state index in [1.54, 1.807) is 13.8 Å². The summed E-state index contributed by atoms with van der Waals surface area (Å²) in [7, 11) is 0. The average Bonchev–Trinajstić information content (AvgIpc) is 2.94. The van der Waals surface area contributed by atoms with E-state index in [0.717, 1.165) is 16.5 Å². The Morgan fingerprint density at radius 2 is 1.84 bits per heavy atom. The molecule has 0 unspecified atom stereocenters. The molecule has 2 atom stereocenters. The average molecular weight is 344 g/mol. The van der Waals surface area contributed by atoms with E-state index in [1.165, 1.54) is 6.92 Å². The maximum Gasteiger partial charge on any atom is 0.243 e. The summed E-state index contributed by atoms with van der Waals surface area (Å²) in [4.78, 5) is 38.8. The Labute approximate surface area is 146 Å². The summed E-state index contributed by atoms with van der Waals surface area (Å²) >= 11 is 0. The first-order valence-corrected chi connectivity index (χ1v) is 8.21. The maximum absolute atomic E-state index is 12.6. The van der Waals surface area contributed by atoms with Crippen LogP contribution in [0.15, 0.2) is 30.5 Å². The Balaban J connectivity index is 2.22. The highest BCUT2D eigenvalue weighted by Crippen LogP contribution is 2.19. The standard InChI is InChI=1S/C18H24N4O3/c1-10(2)16(17(19)24)22-18(25)15(21-11(3)23)8-12-9-20-14-7-5-4-6-13(12)14/h4-7,9-10,15-16,20H,8H2,1-3H3,(H2,19,24)(H,21,23)(H,22,25)/t15-,16-/m0/s1. The van der Waals surface area contributed by atoms with Gasteiger partial charge in [-0.2, -0.15) is 0 Å². The van der Waals surface area contributed by atoms with Crippen molar-refractivity contribution in [2.45, 2.75) is 39.3 Å². The summed E-state index contributed by atoms with van der Waals surface area (Å²) in [5.74, 6) is -1.50. The number of carbonyl (C=O) groups is 3. The highest BCUT2D eigenvalue weighted by molar-refractivity contribution is 5.92. The van der Waals surface area contributed by atoms with Crippen molar-refractivity contribution in [2.75, 3.05) is 0 Å². The Morgan fingerprint density at radius 1 is 1.16 bits per heavy atom. The third kappa shape index (κ3) is 4.59. The topological polar surface area (TPSA) is 117 Å². The SMILES string of the molecule is CC(=O)N[C@@H](Cc1c[nH]c2ccccc12)C(=O)N[C@H](C(N)=O)C(C)C. The lowest BCUT2D eigenvalue weighted by atomic mass is 10.0. The molecule has 0 aliphatic rings. The molecular weight excluding hydrogens is 320 g/mol. The van der Waals surface area contributed by atoms with E-state index in [-0.39, 0.29) is 11.8 Å². The summed E-state index contributed by atoms with van der Waals surface area (Å²) in [5, 5.41) is 6.28. The first-order chi connectivity index (χ1) is 11.8. The maximum atomic E-state index is 12.6. The van der Waals surface area contributed by atoms with Gasteiger partial charge in [0.2, 0.25) is 17.7 Å². The molecule has 1 heterocycles. The second-order valence-electron chi connectivity index (χ2n) is 6.45. The minimum Gasteiger partial charge on any atom is -0.368 e. The third-order valence-electron chi connectivity index (χ3n) is 4.06. The molecule has 0 spiro atoms. The van der Waals surface area contributed by atoms with Crippen LogP contribution >= 0.6 is 0 Å². The van der Waals surface area contributed by atoms with Crippen molar-refractivity contribution in [1.29, 1.82) is 0 Å². The molecule has 134 valence electrons. The number of H-pyrrole nitrogens is 1. The molecule has 5 N–H and O–H groups in total. The predicted octanol–water partition coefficient (Wildman–Crippen LogP) is 0.841. The van der Waals surface area contributed by atoms with Crippen LogP contribution in [0.3, 0.4) is 0 Å². The molecular formula is C18H24N4O3. The smallest absolute Gasteiger partial charge is 0.243 e. The summed E-state index contributed by atoms with van der Waals surface area (Å²) in [5.41, 5.74) is 7.21. The molecule has 1 aromatic heterocycles. The Bertz CT molecular complexity index is 781. The summed E-state index contributed by atoms with van der Waals surface area (Å²) in [6.45, 7) is 4.94. The normalized spacial score (nSPS) is 13.4. The van der Waals surface area contributed by atoms with Gasteiger partial charge in [0, 0.05) is 30.4 Å². The van der Waals surface area contributed by atoms with Crippen LogP contribution in [0.2, 0.25) is 0 Å². The van der Waals surface area contributed by atoms with Crippen LogP contribution in [0.4, 0.5) is 0 Å². The van der Waals surface area contributed by atoms with Gasteiger partial charge in [-0.3, -0.25) is 14.4 Å². The van der Waals surface area contributed by atoms with Gasteiger partial charge in [0.25, 0.3) is 0 Å². The number of primary amides is 1. The molecule has 7 nitrogen and oxygen atoms in total. The second-order valence-corrected chi connectivity index (χ2v) is 6.45. The van der Waals surface area contributed by atoms with E-state index in [2.05, 4.69) is 15.6 Å². The minimum atomic E-state index is -0.794. The van der Waals surface area contributed by atoms with E-state index in [4.69, 9.17) is 5.73 Å². The third-order valence-corrected chi connectivity index (χ3v) is 4.06. The van der Waals surface area contributed by atoms with Crippen LogP contribution in [-0.2, 0) is 20.8 Å². The Morgan fingerprint density at radius 3 is 2.44 bits per heavy atom. The Hall–Kier alpha value is -2.83. The number of aromatic nitrogens is 1. The molecule has 0 aliphatic heterocycles. The number of benzene rings is 1. The van der Waals surface area contributed by atoms with Gasteiger partial charge in [-0.25, -0.2) is 0 Å². The van der Waals surface area contributed by atoms with E-state index in [0.29, 0.717) is 6.42 Å². The molecule has 2 rings (SSSR count). The number of amides is 3. The number of aromatic amines is 1. The molecule has 25 heavy (non-hydrogen) atoms. The van der Waals surface area contributed by atoms with Crippen LogP contribution in [-0.4, -0.2) is 34.8 Å². The molecule has 7 heteroatoms. The molecule has 1 aromatic carbocycles. The number of hydrogen-bond acceptors (Lipinski definition) is 3. The van der Waals surface area contributed by atoms with Gasteiger partial charge in [0.15, 0.2) is 0 Å². The Kier molecular flexibility index (Phi) is 5.80. The first-order valence-electron chi connectivity index (χ1n) is 8.21. The zero-order chi connectivity index (χ0) is 18.6. The lowest BCUT2D eigenvalue weighted by molar-refractivity contribution is -0.131. The van der Waals surface area contributed by atoms with E-state index >= 15 is 0 Å². The fourth-order valence-electron chi connectivity index (χ4n) is 2.80. The van der Waals surface area contributed by atoms with Crippen molar-refractivity contribution in [1.82, 2.24) is 15.6 Å². The van der Waals surface area contributed by atoms with Crippen molar-refractivity contribution in [3.8, 4) is 0 Å². The largest absolute Gasteiger partial charge is 0.368 e. The number of hydrogen-bond donors (Lipinski definition) is 4. The quantitative estimate of drug-likeness (QED) is 0.596. The van der Waals surface area contributed by atoms with Crippen LogP contribution in [0.25, 0.3) is 10.9 Å². The van der Waals surface area contributed by atoms with Crippen molar-refractivity contribution in [2.24, 2.45) is 11.7 Å². The van der Waals surface area contributed by atoms with Crippen LogP contribution < -0.4 is 16.4 Å². The van der Waals surface area contributed by atoms with Gasteiger partial charge in [-0.1, -0.05) is 32.0 Å². The van der Waals surface area contributed by atoms with Crippen LogP contribution in [0.5, 0.6) is 0 Å². The number of fused-ring (bicyclic) bond motifs is 1. The van der Waals surface area contributed by atoms with Crippen LogP contribution in [0, 0.1) is 5.92 Å². The molecule has 0 radical (unpaired) electrons. The molecule has 2 aromatic rings. The van der Waals surface area contributed by atoms with Crippen molar-refractivity contribution < 1.29 is 14.4 Å². The molecule has 0 saturated carbocycles. The van der Waals surface area contributed by atoms with Gasteiger partial charge < -0.3 is 21.4 Å². The zero-order valence-corrected chi connectivity index (χ0v) is 14.6. The van der Waals surface area contributed by atoms with Crippen molar-refractivity contribution in [3.05, 3.63) is 36.0 Å². The summed E-state index contributed by atoms with van der Waals surface area (Å²) < 4.78 is 0. The number of para-hydroxylation sites is 1. The minimum absolute atomic E-state index is 0.146. The lowest BCUT2D eigenvalue weighted by Crippen LogP contribution is -2.55. The van der Waals surface area contributed by atoms with Gasteiger partial charge in [0.1, 0.15) is 12.1 Å². The van der Waals surface area contributed by atoms with Crippen molar-refractivity contribution >= 4 is 28.6 Å². The molecule has 3 amide bonds. The van der Waals surface area contributed by atoms with E-state index in [1.807, 2.05) is 30.5 Å². The zero-order valence-electron chi connectivity index (χ0n) is 14.6. The van der Waals surface area contributed by atoms with Gasteiger partial charge in [0.05, 0.1) is 0 Å². The molecule has 0 bridgehead atoms. The first kappa shape index (κ1) is 18.5.